The van der Waals surface area contributed by atoms with Crippen molar-refractivity contribution < 1.29 is 13.9 Å². The minimum absolute atomic E-state index is 0.0397. The summed E-state index contributed by atoms with van der Waals surface area (Å²) < 4.78 is 10.8. The number of carbonyl (C=O) groups excluding carboxylic acids is 1. The highest BCUT2D eigenvalue weighted by atomic mass is 16.5. The molecule has 2 rings (SSSR count). The molecule has 1 aromatic heterocycles. The lowest BCUT2D eigenvalue weighted by atomic mass is 10.2. The van der Waals surface area contributed by atoms with E-state index in [1.807, 2.05) is 38.1 Å². The normalized spacial score (nSPS) is 10.3. The summed E-state index contributed by atoms with van der Waals surface area (Å²) in [5.41, 5.74) is 0.638. The van der Waals surface area contributed by atoms with Crippen molar-refractivity contribution in [3.05, 3.63) is 53.5 Å². The predicted molar refractivity (Wildman–Crippen MR) is 76.9 cm³/mol. The molecular weight excluding hydrogens is 254 g/mol. The summed E-state index contributed by atoms with van der Waals surface area (Å²) in [6.45, 7) is 4.89. The first-order valence-electron chi connectivity index (χ1n) is 6.63. The van der Waals surface area contributed by atoms with Crippen LogP contribution in [0.1, 0.15) is 28.8 Å². The maximum Gasteiger partial charge on any atom is 0.254 e. The fourth-order valence-electron chi connectivity index (χ4n) is 1.96. The van der Waals surface area contributed by atoms with E-state index in [2.05, 4.69) is 0 Å². The van der Waals surface area contributed by atoms with Gasteiger partial charge in [-0.1, -0.05) is 0 Å². The predicted octanol–water partition coefficient (Wildman–Crippen LogP) is 3.26. The third-order valence-electron chi connectivity index (χ3n) is 2.95. The van der Waals surface area contributed by atoms with Crippen LogP contribution in [0.2, 0.25) is 0 Å². The second-order valence-corrected chi connectivity index (χ2v) is 4.63. The van der Waals surface area contributed by atoms with Gasteiger partial charge in [-0.05, 0) is 50.2 Å². The van der Waals surface area contributed by atoms with Crippen molar-refractivity contribution in [1.82, 2.24) is 4.90 Å². The fourth-order valence-corrected chi connectivity index (χ4v) is 1.96. The second kappa shape index (κ2) is 6.28. The number of furan rings is 1. The quantitative estimate of drug-likeness (QED) is 0.839. The van der Waals surface area contributed by atoms with Crippen LogP contribution in [-0.4, -0.2) is 24.5 Å². The first kappa shape index (κ1) is 14.2. The first-order valence-corrected chi connectivity index (χ1v) is 6.63. The van der Waals surface area contributed by atoms with Crippen LogP contribution >= 0.6 is 0 Å². The molecule has 0 aliphatic heterocycles. The number of hydrogen-bond acceptors (Lipinski definition) is 3. The lowest BCUT2D eigenvalue weighted by Gasteiger charge is -2.16. The van der Waals surface area contributed by atoms with Gasteiger partial charge in [-0.15, -0.1) is 0 Å². The number of nitrogens with zero attached hydrogens (tertiary/aromatic N) is 1. The number of rotatable bonds is 5. The summed E-state index contributed by atoms with van der Waals surface area (Å²) in [6, 6.07) is 10.9. The number of aryl methyl sites for hydroxylation is 1. The Bertz CT molecular complexity index is 572. The van der Waals surface area contributed by atoms with E-state index in [0.717, 1.165) is 17.3 Å². The van der Waals surface area contributed by atoms with Gasteiger partial charge in [0.05, 0.1) is 13.2 Å². The maximum atomic E-state index is 12.3. The van der Waals surface area contributed by atoms with Gasteiger partial charge in [0.25, 0.3) is 5.91 Å². The zero-order chi connectivity index (χ0) is 14.5. The molecule has 0 unspecified atom stereocenters. The largest absolute Gasteiger partial charge is 0.494 e. The Morgan fingerprint density at radius 1 is 1.20 bits per heavy atom. The summed E-state index contributed by atoms with van der Waals surface area (Å²) in [5.74, 6) is 2.36. The van der Waals surface area contributed by atoms with Gasteiger partial charge in [0.1, 0.15) is 17.3 Å². The molecule has 1 aromatic carbocycles. The van der Waals surface area contributed by atoms with Gasteiger partial charge in [0.2, 0.25) is 0 Å². The van der Waals surface area contributed by atoms with E-state index in [-0.39, 0.29) is 5.91 Å². The average Bonchev–Trinajstić information content (AvgIpc) is 2.84. The van der Waals surface area contributed by atoms with Crippen molar-refractivity contribution >= 4 is 5.91 Å². The van der Waals surface area contributed by atoms with E-state index < -0.39 is 0 Å². The van der Waals surface area contributed by atoms with Crippen LogP contribution in [0.3, 0.4) is 0 Å². The van der Waals surface area contributed by atoms with Crippen LogP contribution < -0.4 is 4.74 Å². The SMILES string of the molecule is CCOc1ccc(C(=O)N(C)Cc2ccc(C)o2)cc1. The molecular formula is C16H19NO3. The molecule has 0 saturated carbocycles. The standard InChI is InChI=1S/C16H19NO3/c1-4-19-14-9-6-13(7-10-14)16(18)17(3)11-15-8-5-12(2)20-15/h5-10H,4,11H2,1-3H3. The average molecular weight is 273 g/mol. The summed E-state index contributed by atoms with van der Waals surface area (Å²) in [7, 11) is 1.76. The van der Waals surface area contributed by atoms with Gasteiger partial charge in [-0.2, -0.15) is 0 Å². The Balaban J connectivity index is 2.02. The molecule has 0 N–H and O–H groups in total. The lowest BCUT2D eigenvalue weighted by Crippen LogP contribution is -2.25. The molecule has 20 heavy (non-hydrogen) atoms. The molecule has 0 bridgehead atoms. The highest BCUT2D eigenvalue weighted by molar-refractivity contribution is 5.94. The summed E-state index contributed by atoms with van der Waals surface area (Å²) in [5, 5.41) is 0. The summed E-state index contributed by atoms with van der Waals surface area (Å²) in [4.78, 5) is 13.9. The first-order chi connectivity index (χ1) is 9.60. The number of benzene rings is 1. The Morgan fingerprint density at radius 2 is 1.90 bits per heavy atom. The topological polar surface area (TPSA) is 42.7 Å². The van der Waals surface area contributed by atoms with Gasteiger partial charge >= 0.3 is 0 Å². The molecule has 0 spiro atoms. The Hall–Kier alpha value is -2.23. The molecule has 0 fully saturated rings. The lowest BCUT2D eigenvalue weighted by molar-refractivity contribution is 0.0775. The molecule has 0 aliphatic carbocycles. The van der Waals surface area contributed by atoms with E-state index in [4.69, 9.17) is 9.15 Å². The molecule has 4 heteroatoms. The molecule has 0 atom stereocenters. The molecule has 0 aliphatic rings. The van der Waals surface area contributed by atoms with Gasteiger partial charge < -0.3 is 14.1 Å². The third kappa shape index (κ3) is 3.41. The number of amides is 1. The smallest absolute Gasteiger partial charge is 0.254 e. The Kier molecular flexibility index (Phi) is 4.45. The zero-order valence-corrected chi connectivity index (χ0v) is 12.1. The van der Waals surface area contributed by atoms with Gasteiger partial charge in [0.15, 0.2) is 0 Å². The van der Waals surface area contributed by atoms with Crippen LogP contribution in [0.25, 0.3) is 0 Å². The summed E-state index contributed by atoms with van der Waals surface area (Å²) in [6.07, 6.45) is 0. The van der Waals surface area contributed by atoms with Crippen LogP contribution in [0.15, 0.2) is 40.8 Å². The van der Waals surface area contributed by atoms with Crippen LogP contribution in [-0.2, 0) is 6.54 Å². The van der Waals surface area contributed by atoms with Gasteiger partial charge in [-0.25, -0.2) is 0 Å². The molecule has 2 aromatic rings. The Morgan fingerprint density at radius 3 is 2.45 bits per heavy atom. The number of carbonyl (C=O) groups is 1. The van der Waals surface area contributed by atoms with E-state index in [1.54, 1.807) is 24.1 Å². The fraction of sp³-hybridized carbons (Fsp3) is 0.312. The zero-order valence-electron chi connectivity index (χ0n) is 12.1. The summed E-state index contributed by atoms with van der Waals surface area (Å²) >= 11 is 0. The molecule has 4 nitrogen and oxygen atoms in total. The van der Waals surface area contributed by atoms with E-state index >= 15 is 0 Å². The van der Waals surface area contributed by atoms with Crippen LogP contribution in [0.5, 0.6) is 5.75 Å². The number of hydrogen-bond donors (Lipinski definition) is 0. The van der Waals surface area contributed by atoms with Crippen molar-refractivity contribution in [2.75, 3.05) is 13.7 Å². The highest BCUT2D eigenvalue weighted by Gasteiger charge is 2.13. The monoisotopic (exact) mass is 273 g/mol. The van der Waals surface area contributed by atoms with Gasteiger partial charge in [0, 0.05) is 12.6 Å². The molecule has 1 amide bonds. The van der Waals surface area contributed by atoms with E-state index in [1.165, 1.54) is 0 Å². The molecule has 1 heterocycles. The highest BCUT2D eigenvalue weighted by Crippen LogP contribution is 2.15. The molecule has 0 radical (unpaired) electrons. The van der Waals surface area contributed by atoms with Crippen molar-refractivity contribution in [1.29, 1.82) is 0 Å². The van der Waals surface area contributed by atoms with E-state index in [0.29, 0.717) is 18.7 Å². The Labute approximate surface area is 119 Å². The van der Waals surface area contributed by atoms with Crippen LogP contribution in [0.4, 0.5) is 0 Å². The third-order valence-corrected chi connectivity index (χ3v) is 2.95. The van der Waals surface area contributed by atoms with Crippen molar-refractivity contribution in [3.63, 3.8) is 0 Å². The molecule has 106 valence electrons. The van der Waals surface area contributed by atoms with Crippen molar-refractivity contribution in [2.24, 2.45) is 0 Å². The molecule has 0 saturated heterocycles. The minimum atomic E-state index is -0.0397. The van der Waals surface area contributed by atoms with Crippen LogP contribution in [0, 0.1) is 6.92 Å². The van der Waals surface area contributed by atoms with Crippen molar-refractivity contribution in [3.8, 4) is 5.75 Å². The van der Waals surface area contributed by atoms with E-state index in [9.17, 15) is 4.79 Å². The minimum Gasteiger partial charge on any atom is -0.494 e. The van der Waals surface area contributed by atoms with Gasteiger partial charge in [-0.3, -0.25) is 4.79 Å². The van der Waals surface area contributed by atoms with Crippen molar-refractivity contribution in [2.45, 2.75) is 20.4 Å². The number of ether oxygens (including phenoxy) is 1. The maximum absolute atomic E-state index is 12.3. The second-order valence-electron chi connectivity index (χ2n) is 4.63.